The second kappa shape index (κ2) is 9.21. The van der Waals surface area contributed by atoms with Crippen LogP contribution >= 0.6 is 0 Å². The van der Waals surface area contributed by atoms with E-state index < -0.39 is 41.0 Å². The van der Waals surface area contributed by atoms with Gasteiger partial charge in [-0.05, 0) is 37.5 Å². The van der Waals surface area contributed by atoms with Crippen molar-refractivity contribution in [2.75, 3.05) is 26.2 Å². The fourth-order valence-corrected chi connectivity index (χ4v) is 5.09. The quantitative estimate of drug-likeness (QED) is 0.293. The van der Waals surface area contributed by atoms with Gasteiger partial charge in [0.25, 0.3) is 5.69 Å². The fourth-order valence-electron chi connectivity index (χ4n) is 5.09. The van der Waals surface area contributed by atoms with Crippen LogP contribution in [0.15, 0.2) is 42.5 Å². The zero-order valence-corrected chi connectivity index (χ0v) is 19.5. The summed E-state index contributed by atoms with van der Waals surface area (Å²) < 4.78 is 22.2. The lowest BCUT2D eigenvalue weighted by Crippen LogP contribution is -2.64. The lowest BCUT2D eigenvalue weighted by atomic mass is 9.81. The summed E-state index contributed by atoms with van der Waals surface area (Å²) in [5, 5.41) is 23.4. The van der Waals surface area contributed by atoms with E-state index in [1.807, 2.05) is 24.3 Å². The number of aliphatic hydroxyl groups excluding tert-OH is 1. The van der Waals surface area contributed by atoms with Crippen LogP contribution < -0.4 is 9.64 Å². The van der Waals surface area contributed by atoms with Crippen LogP contribution in [0.2, 0.25) is 0 Å². The number of hydrogen-bond acceptors (Lipinski definition) is 9. The molecule has 0 amide bonds. The molecule has 1 N–H and O–H groups in total. The number of hydrogen-bond donors (Lipinski definition) is 1. The van der Waals surface area contributed by atoms with Gasteiger partial charge in [-0.2, -0.15) is 0 Å². The van der Waals surface area contributed by atoms with Gasteiger partial charge in [-0.25, -0.2) is 4.79 Å². The Labute approximate surface area is 197 Å². The number of carbonyl (C=O) groups is 1. The molecule has 0 saturated carbocycles. The predicted octanol–water partition coefficient (Wildman–Crippen LogP) is 2.76. The van der Waals surface area contributed by atoms with Gasteiger partial charge in [-0.3, -0.25) is 10.1 Å². The Morgan fingerprint density at radius 1 is 1.24 bits per heavy atom. The van der Waals surface area contributed by atoms with Crippen LogP contribution in [-0.4, -0.2) is 61.4 Å². The van der Waals surface area contributed by atoms with Gasteiger partial charge in [-0.15, -0.1) is 0 Å². The van der Waals surface area contributed by atoms with Gasteiger partial charge in [0.1, 0.15) is 17.9 Å². The average molecular weight is 472 g/mol. The summed E-state index contributed by atoms with van der Waals surface area (Å²) >= 11 is 0. The van der Waals surface area contributed by atoms with Crippen molar-refractivity contribution in [3.8, 4) is 5.75 Å². The molecule has 34 heavy (non-hydrogen) atoms. The summed E-state index contributed by atoms with van der Waals surface area (Å²) in [4.78, 5) is 25.8. The van der Waals surface area contributed by atoms with Crippen LogP contribution in [-0.2, 0) is 25.4 Å². The largest absolute Gasteiger partial charge is 0.479 e. The molecular formula is C24H28N2O8. The molecule has 0 fully saturated rings. The average Bonchev–Trinajstić information content (AvgIpc) is 2.84. The van der Waals surface area contributed by atoms with Gasteiger partial charge < -0.3 is 29.0 Å². The Balaban J connectivity index is 1.97. The van der Waals surface area contributed by atoms with Crippen LogP contribution in [0.5, 0.6) is 5.75 Å². The summed E-state index contributed by atoms with van der Waals surface area (Å²) in [6.07, 6.45) is -1.17. The van der Waals surface area contributed by atoms with Gasteiger partial charge >= 0.3 is 5.97 Å². The molecule has 2 aromatic rings. The van der Waals surface area contributed by atoms with E-state index in [1.165, 1.54) is 39.5 Å². The third kappa shape index (κ3) is 3.77. The standard InChI is InChI=1S/C24H28N2O8/c1-24(23(32-3)33-4)21(27)20(16-13-15(26(29)30)10-12-19(16)34-24)25-17-8-6-5-7-14(17)9-11-18(25)22(28)31-2/h5-8,10,12-13,18,20-21,23,27H,9,11H2,1-4H3/t18-,20+,21-,24-/m0/s1. The fraction of sp³-hybridized carbons (Fsp3) is 0.458. The molecule has 4 atom stereocenters. The van der Waals surface area contributed by atoms with Gasteiger partial charge in [0.2, 0.25) is 0 Å². The Bertz CT molecular complexity index is 1090. The summed E-state index contributed by atoms with van der Waals surface area (Å²) in [5.41, 5.74) is 0.560. The van der Waals surface area contributed by atoms with Crippen molar-refractivity contribution in [2.45, 2.75) is 49.8 Å². The number of benzene rings is 2. The molecule has 0 radical (unpaired) electrons. The predicted molar refractivity (Wildman–Crippen MR) is 122 cm³/mol. The monoisotopic (exact) mass is 472 g/mol. The number of anilines is 1. The molecule has 0 aromatic heterocycles. The molecule has 2 aliphatic heterocycles. The number of para-hydroxylation sites is 1. The van der Waals surface area contributed by atoms with E-state index in [2.05, 4.69) is 0 Å². The number of nitrogens with zero attached hydrogens (tertiary/aromatic N) is 2. The smallest absolute Gasteiger partial charge is 0.328 e. The van der Waals surface area contributed by atoms with E-state index in [-0.39, 0.29) is 5.69 Å². The number of methoxy groups -OCH3 is 3. The molecule has 0 spiro atoms. The minimum absolute atomic E-state index is 0.155. The van der Waals surface area contributed by atoms with Crippen molar-refractivity contribution in [2.24, 2.45) is 0 Å². The van der Waals surface area contributed by atoms with Gasteiger partial charge in [-0.1, -0.05) is 18.2 Å². The van der Waals surface area contributed by atoms with Crippen LogP contribution in [0.1, 0.15) is 30.5 Å². The molecule has 0 unspecified atom stereocenters. The molecule has 4 rings (SSSR count). The van der Waals surface area contributed by atoms with Crippen molar-refractivity contribution < 1.29 is 33.8 Å². The summed E-state index contributed by atoms with van der Waals surface area (Å²) in [7, 11) is 4.18. The second-order valence-electron chi connectivity index (χ2n) is 8.57. The Morgan fingerprint density at radius 2 is 1.94 bits per heavy atom. The van der Waals surface area contributed by atoms with Gasteiger partial charge in [0.05, 0.1) is 18.1 Å². The van der Waals surface area contributed by atoms with Crippen molar-refractivity contribution in [3.63, 3.8) is 0 Å². The van der Waals surface area contributed by atoms with E-state index in [4.69, 9.17) is 18.9 Å². The van der Waals surface area contributed by atoms with Crippen LogP contribution in [0.4, 0.5) is 11.4 Å². The molecule has 182 valence electrons. The van der Waals surface area contributed by atoms with Gasteiger partial charge in [0.15, 0.2) is 11.9 Å². The van der Waals surface area contributed by atoms with E-state index >= 15 is 0 Å². The highest BCUT2D eigenvalue weighted by Gasteiger charge is 2.56. The minimum atomic E-state index is -1.40. The number of rotatable bonds is 6. The topological polar surface area (TPSA) is 121 Å². The van der Waals surface area contributed by atoms with Crippen LogP contribution in [0.3, 0.4) is 0 Å². The van der Waals surface area contributed by atoms with E-state index in [0.29, 0.717) is 24.2 Å². The summed E-state index contributed by atoms with van der Waals surface area (Å²) in [6.45, 7) is 1.65. The van der Waals surface area contributed by atoms with Crippen molar-refractivity contribution in [3.05, 3.63) is 63.7 Å². The SMILES string of the molecule is COC(=O)[C@@H]1CCc2ccccc2N1[C@@H]1c2cc([N+](=O)[O-])ccc2O[C@](C)(C(OC)OC)[C@H]1O. The molecule has 10 nitrogen and oxygen atoms in total. The van der Waals surface area contributed by atoms with Crippen LogP contribution in [0.25, 0.3) is 0 Å². The number of nitro benzene ring substituents is 1. The maximum Gasteiger partial charge on any atom is 0.328 e. The number of ether oxygens (including phenoxy) is 4. The molecule has 0 saturated heterocycles. The Morgan fingerprint density at radius 3 is 2.59 bits per heavy atom. The first-order valence-electron chi connectivity index (χ1n) is 10.9. The first kappa shape index (κ1) is 23.9. The Hall–Kier alpha value is -3.21. The number of aryl methyl sites for hydroxylation is 1. The lowest BCUT2D eigenvalue weighted by Gasteiger charge is -2.52. The number of nitro groups is 1. The first-order valence-corrected chi connectivity index (χ1v) is 10.9. The molecule has 2 aromatic carbocycles. The number of esters is 1. The first-order chi connectivity index (χ1) is 16.3. The third-order valence-corrected chi connectivity index (χ3v) is 6.70. The van der Waals surface area contributed by atoms with E-state index in [1.54, 1.807) is 11.8 Å². The van der Waals surface area contributed by atoms with Crippen molar-refractivity contribution in [1.29, 1.82) is 0 Å². The Kier molecular flexibility index (Phi) is 6.48. The minimum Gasteiger partial charge on any atom is -0.479 e. The molecule has 2 aliphatic rings. The zero-order valence-electron chi connectivity index (χ0n) is 19.5. The van der Waals surface area contributed by atoms with Crippen molar-refractivity contribution in [1.82, 2.24) is 0 Å². The zero-order chi connectivity index (χ0) is 24.6. The molecule has 2 heterocycles. The molecule has 0 bridgehead atoms. The summed E-state index contributed by atoms with van der Waals surface area (Å²) in [5.74, 6) is -0.133. The molecular weight excluding hydrogens is 444 g/mol. The maximum absolute atomic E-state index is 12.9. The molecule has 0 aliphatic carbocycles. The highest BCUT2D eigenvalue weighted by Crippen LogP contribution is 2.49. The highest BCUT2D eigenvalue weighted by atomic mass is 16.7. The van der Waals surface area contributed by atoms with E-state index in [9.17, 15) is 20.0 Å². The summed E-state index contributed by atoms with van der Waals surface area (Å²) in [6, 6.07) is 10.2. The van der Waals surface area contributed by atoms with E-state index in [0.717, 1.165) is 11.3 Å². The van der Waals surface area contributed by atoms with Gasteiger partial charge in [0, 0.05) is 37.6 Å². The maximum atomic E-state index is 12.9. The number of carbonyl (C=O) groups excluding carboxylic acids is 1. The normalized spacial score (nSPS) is 25.8. The lowest BCUT2D eigenvalue weighted by molar-refractivity contribution is -0.385. The third-order valence-electron chi connectivity index (χ3n) is 6.70. The number of aliphatic hydroxyl groups is 1. The second-order valence-corrected chi connectivity index (χ2v) is 8.57. The van der Waals surface area contributed by atoms with Crippen LogP contribution in [0, 0.1) is 10.1 Å². The van der Waals surface area contributed by atoms with Crippen molar-refractivity contribution >= 4 is 17.3 Å². The number of non-ortho nitro benzene ring substituents is 1. The highest BCUT2D eigenvalue weighted by molar-refractivity contribution is 5.82. The molecule has 10 heteroatoms. The number of fused-ring (bicyclic) bond motifs is 2.